The minimum atomic E-state index is -0.890. The highest BCUT2D eigenvalue weighted by Crippen LogP contribution is 2.34. The zero-order valence-corrected chi connectivity index (χ0v) is 12.5. The summed E-state index contributed by atoms with van der Waals surface area (Å²) in [4.78, 5) is 25.4. The number of nitrogens with zero attached hydrogens (tertiary/aromatic N) is 1. The van der Waals surface area contributed by atoms with E-state index in [-0.39, 0.29) is 23.8 Å². The molecule has 1 aromatic carbocycles. The van der Waals surface area contributed by atoms with E-state index in [1.54, 1.807) is 0 Å². The van der Waals surface area contributed by atoms with Crippen LogP contribution in [0.2, 0.25) is 0 Å². The number of halogens is 2. The van der Waals surface area contributed by atoms with Crippen molar-refractivity contribution in [1.29, 1.82) is 0 Å². The van der Waals surface area contributed by atoms with Crippen LogP contribution in [-0.2, 0) is 4.79 Å². The lowest BCUT2D eigenvalue weighted by Gasteiger charge is -2.26. The SMILES string of the molecule is CC(C)(C)C1CC(=O)N(CC(=O)c2c(F)cccc2F)C1. The molecule has 114 valence electrons. The average Bonchev–Trinajstić information content (AvgIpc) is 2.70. The number of benzene rings is 1. The van der Waals surface area contributed by atoms with E-state index in [0.717, 1.165) is 12.1 Å². The van der Waals surface area contributed by atoms with Crippen molar-refractivity contribution < 1.29 is 18.4 Å². The summed E-state index contributed by atoms with van der Waals surface area (Å²) in [7, 11) is 0. The molecule has 2 rings (SSSR count). The first-order valence-electron chi connectivity index (χ1n) is 6.95. The van der Waals surface area contributed by atoms with Crippen molar-refractivity contribution in [3.05, 3.63) is 35.4 Å². The van der Waals surface area contributed by atoms with Crippen molar-refractivity contribution in [3.8, 4) is 0 Å². The van der Waals surface area contributed by atoms with Crippen LogP contribution < -0.4 is 0 Å². The van der Waals surface area contributed by atoms with Gasteiger partial charge in [-0.2, -0.15) is 0 Å². The highest BCUT2D eigenvalue weighted by Gasteiger charge is 2.37. The Morgan fingerprint density at radius 2 is 1.86 bits per heavy atom. The smallest absolute Gasteiger partial charge is 0.223 e. The molecule has 0 aromatic heterocycles. The Balaban J connectivity index is 2.12. The first-order chi connectivity index (χ1) is 9.70. The molecule has 0 spiro atoms. The molecule has 5 heteroatoms. The van der Waals surface area contributed by atoms with Gasteiger partial charge in [-0.05, 0) is 23.5 Å². The number of hydrogen-bond acceptors (Lipinski definition) is 2. The fourth-order valence-electron chi connectivity index (χ4n) is 2.52. The molecule has 0 bridgehead atoms. The zero-order chi connectivity index (χ0) is 15.8. The number of rotatable bonds is 3. The lowest BCUT2D eigenvalue weighted by molar-refractivity contribution is -0.127. The molecule has 1 saturated heterocycles. The number of carbonyl (C=O) groups excluding carboxylic acids is 2. The molecule has 1 aliphatic rings. The summed E-state index contributed by atoms with van der Waals surface area (Å²) in [5, 5.41) is 0. The highest BCUT2D eigenvalue weighted by molar-refractivity contribution is 6.00. The van der Waals surface area contributed by atoms with Gasteiger partial charge in [0.25, 0.3) is 0 Å². The van der Waals surface area contributed by atoms with Gasteiger partial charge < -0.3 is 4.90 Å². The van der Waals surface area contributed by atoms with Gasteiger partial charge in [0.1, 0.15) is 11.6 Å². The summed E-state index contributed by atoms with van der Waals surface area (Å²) in [5.41, 5.74) is -0.610. The Morgan fingerprint density at radius 1 is 1.29 bits per heavy atom. The van der Waals surface area contributed by atoms with Crippen molar-refractivity contribution in [2.45, 2.75) is 27.2 Å². The summed E-state index contributed by atoms with van der Waals surface area (Å²) in [5.74, 6) is -2.48. The summed E-state index contributed by atoms with van der Waals surface area (Å²) >= 11 is 0. The van der Waals surface area contributed by atoms with Gasteiger partial charge in [0, 0.05) is 13.0 Å². The van der Waals surface area contributed by atoms with E-state index in [9.17, 15) is 18.4 Å². The summed E-state index contributed by atoms with van der Waals surface area (Å²) in [6, 6.07) is 3.29. The van der Waals surface area contributed by atoms with Crippen LogP contribution in [0, 0.1) is 23.0 Å². The number of likely N-dealkylation sites (tertiary alicyclic amines) is 1. The molecule has 0 radical (unpaired) electrons. The molecule has 1 atom stereocenters. The van der Waals surface area contributed by atoms with Gasteiger partial charge in [0.2, 0.25) is 5.91 Å². The fourth-order valence-corrected chi connectivity index (χ4v) is 2.52. The normalized spacial score (nSPS) is 19.2. The summed E-state index contributed by atoms with van der Waals surface area (Å²) < 4.78 is 27.1. The van der Waals surface area contributed by atoms with E-state index in [4.69, 9.17) is 0 Å². The Kier molecular flexibility index (Phi) is 4.12. The van der Waals surface area contributed by atoms with E-state index in [0.29, 0.717) is 13.0 Å². The molecule has 1 unspecified atom stereocenters. The van der Waals surface area contributed by atoms with E-state index < -0.39 is 23.0 Å². The number of carbonyl (C=O) groups is 2. The molecule has 3 nitrogen and oxygen atoms in total. The van der Waals surface area contributed by atoms with Gasteiger partial charge in [0.15, 0.2) is 5.78 Å². The van der Waals surface area contributed by atoms with Crippen LogP contribution in [0.15, 0.2) is 18.2 Å². The zero-order valence-electron chi connectivity index (χ0n) is 12.5. The molecule has 0 aliphatic carbocycles. The third-order valence-corrected chi connectivity index (χ3v) is 4.02. The topological polar surface area (TPSA) is 37.4 Å². The third-order valence-electron chi connectivity index (χ3n) is 4.02. The molecular weight excluding hydrogens is 276 g/mol. The Hall–Kier alpha value is -1.78. The summed E-state index contributed by atoms with van der Waals surface area (Å²) in [6.45, 7) is 6.28. The van der Waals surface area contributed by atoms with Gasteiger partial charge >= 0.3 is 0 Å². The maximum absolute atomic E-state index is 13.6. The quantitative estimate of drug-likeness (QED) is 0.804. The second-order valence-electron chi connectivity index (χ2n) is 6.56. The van der Waals surface area contributed by atoms with Gasteiger partial charge in [-0.15, -0.1) is 0 Å². The van der Waals surface area contributed by atoms with Crippen molar-refractivity contribution in [1.82, 2.24) is 4.90 Å². The fraction of sp³-hybridized carbons (Fsp3) is 0.500. The molecule has 1 aliphatic heterocycles. The molecule has 0 saturated carbocycles. The monoisotopic (exact) mass is 295 g/mol. The van der Waals surface area contributed by atoms with Crippen LogP contribution >= 0.6 is 0 Å². The second kappa shape index (κ2) is 5.54. The van der Waals surface area contributed by atoms with Gasteiger partial charge in [-0.1, -0.05) is 26.8 Å². The number of hydrogen-bond donors (Lipinski definition) is 0. The van der Waals surface area contributed by atoms with Crippen LogP contribution in [0.3, 0.4) is 0 Å². The minimum absolute atomic E-state index is 0.0449. The highest BCUT2D eigenvalue weighted by atomic mass is 19.1. The van der Waals surface area contributed by atoms with E-state index in [1.807, 2.05) is 20.8 Å². The van der Waals surface area contributed by atoms with Crippen molar-refractivity contribution in [3.63, 3.8) is 0 Å². The molecular formula is C16H19F2NO2. The lowest BCUT2D eigenvalue weighted by atomic mass is 9.80. The third kappa shape index (κ3) is 3.28. The molecule has 21 heavy (non-hydrogen) atoms. The molecule has 1 aromatic rings. The van der Waals surface area contributed by atoms with Gasteiger partial charge in [-0.25, -0.2) is 8.78 Å². The van der Waals surface area contributed by atoms with Gasteiger partial charge in [0.05, 0.1) is 12.1 Å². The predicted molar refractivity (Wildman–Crippen MR) is 74.8 cm³/mol. The van der Waals surface area contributed by atoms with E-state index in [2.05, 4.69) is 0 Å². The molecule has 0 N–H and O–H groups in total. The number of ketones is 1. The van der Waals surface area contributed by atoms with Crippen molar-refractivity contribution in [2.24, 2.45) is 11.3 Å². The van der Waals surface area contributed by atoms with Crippen molar-refractivity contribution in [2.75, 3.05) is 13.1 Å². The maximum Gasteiger partial charge on any atom is 0.223 e. The summed E-state index contributed by atoms with van der Waals surface area (Å²) in [6.07, 6.45) is 0.372. The standard InChI is InChI=1S/C16H19F2NO2/c1-16(2,3)10-7-14(21)19(8-10)9-13(20)15-11(17)5-4-6-12(15)18/h4-6,10H,7-9H2,1-3H3. The van der Waals surface area contributed by atoms with Crippen LogP contribution in [-0.4, -0.2) is 29.7 Å². The predicted octanol–water partition coefficient (Wildman–Crippen LogP) is 3.04. The van der Waals surface area contributed by atoms with Crippen LogP contribution in [0.5, 0.6) is 0 Å². The Morgan fingerprint density at radius 3 is 2.33 bits per heavy atom. The second-order valence-corrected chi connectivity index (χ2v) is 6.56. The molecule has 1 fully saturated rings. The molecule has 1 amide bonds. The van der Waals surface area contributed by atoms with Crippen LogP contribution in [0.25, 0.3) is 0 Å². The largest absolute Gasteiger partial charge is 0.335 e. The minimum Gasteiger partial charge on any atom is -0.335 e. The first kappa shape index (κ1) is 15.6. The first-order valence-corrected chi connectivity index (χ1v) is 6.95. The molecule has 1 heterocycles. The average molecular weight is 295 g/mol. The van der Waals surface area contributed by atoms with Crippen molar-refractivity contribution >= 4 is 11.7 Å². The number of amides is 1. The maximum atomic E-state index is 13.6. The Bertz CT molecular complexity index is 558. The van der Waals surface area contributed by atoms with Crippen LogP contribution in [0.1, 0.15) is 37.6 Å². The van der Waals surface area contributed by atoms with E-state index >= 15 is 0 Å². The lowest BCUT2D eigenvalue weighted by Crippen LogP contribution is -2.33. The van der Waals surface area contributed by atoms with E-state index in [1.165, 1.54) is 11.0 Å². The van der Waals surface area contributed by atoms with Gasteiger partial charge in [-0.3, -0.25) is 9.59 Å². The number of Topliss-reactive ketones (excluding diaryl/α,β-unsaturated/α-hetero) is 1. The Labute approximate surface area is 122 Å². The van der Waals surface area contributed by atoms with Crippen LogP contribution in [0.4, 0.5) is 8.78 Å².